The molecule has 0 spiro atoms. The summed E-state index contributed by atoms with van der Waals surface area (Å²) in [6.45, 7) is 4.02. The van der Waals surface area contributed by atoms with Gasteiger partial charge in [0.05, 0.1) is 0 Å². The number of fused-ring (bicyclic) bond motifs is 2. The van der Waals surface area contributed by atoms with Gasteiger partial charge in [-0.3, -0.25) is 4.79 Å². The number of hydrogen-bond acceptors (Lipinski definition) is 3. The van der Waals surface area contributed by atoms with Gasteiger partial charge in [0, 0.05) is 31.5 Å². The van der Waals surface area contributed by atoms with Crippen LogP contribution < -0.4 is 0 Å². The van der Waals surface area contributed by atoms with E-state index >= 15 is 0 Å². The average molecular weight is 256 g/mol. The molecule has 19 heavy (non-hydrogen) atoms. The van der Waals surface area contributed by atoms with E-state index in [1.165, 1.54) is 12.8 Å². The second-order valence-corrected chi connectivity index (χ2v) is 5.75. The van der Waals surface area contributed by atoms with E-state index in [4.69, 9.17) is 0 Å². The molecule has 1 saturated carbocycles. The molecule has 0 aromatic carbocycles. The molecule has 5 heteroatoms. The largest absolute Gasteiger partial charge is 0.336 e. The van der Waals surface area contributed by atoms with Gasteiger partial charge in [-0.15, -0.1) is 0 Å². The lowest BCUT2D eigenvalue weighted by Gasteiger charge is -2.19. The van der Waals surface area contributed by atoms with Crippen LogP contribution in [0, 0.1) is 11.3 Å². The smallest absolute Gasteiger partial charge is 0.274 e. The number of amides is 1. The Bertz CT molecular complexity index is 627. The topological polar surface area (TPSA) is 50.5 Å². The highest BCUT2D eigenvalue weighted by molar-refractivity contribution is 5.93. The zero-order chi connectivity index (χ0) is 13.0. The first-order valence-electron chi connectivity index (χ1n) is 6.81. The van der Waals surface area contributed by atoms with Gasteiger partial charge in [-0.1, -0.05) is 6.92 Å². The monoisotopic (exact) mass is 256 g/mol. The third-order valence-electron chi connectivity index (χ3n) is 4.75. The number of carbonyl (C=O) groups excluding carboxylic acids is 1. The summed E-state index contributed by atoms with van der Waals surface area (Å²) >= 11 is 0. The van der Waals surface area contributed by atoms with E-state index in [0.29, 0.717) is 11.1 Å². The van der Waals surface area contributed by atoms with E-state index in [2.05, 4.69) is 17.0 Å². The highest BCUT2D eigenvalue weighted by Crippen LogP contribution is 2.59. The highest BCUT2D eigenvalue weighted by atomic mass is 16.2. The number of hydrogen-bond donors (Lipinski definition) is 0. The minimum atomic E-state index is 0.0468. The Labute approximate surface area is 111 Å². The Kier molecular flexibility index (Phi) is 2.05. The van der Waals surface area contributed by atoms with E-state index in [-0.39, 0.29) is 5.91 Å². The lowest BCUT2D eigenvalue weighted by atomic mass is 10.0. The lowest BCUT2D eigenvalue weighted by molar-refractivity contribution is 0.0758. The molecule has 4 rings (SSSR count). The molecule has 0 bridgehead atoms. The van der Waals surface area contributed by atoms with Crippen LogP contribution in [0.15, 0.2) is 24.5 Å². The Balaban J connectivity index is 1.61. The Morgan fingerprint density at radius 3 is 3.21 bits per heavy atom. The van der Waals surface area contributed by atoms with Gasteiger partial charge in [0.2, 0.25) is 0 Å². The zero-order valence-corrected chi connectivity index (χ0v) is 10.9. The van der Waals surface area contributed by atoms with Crippen LogP contribution in [-0.4, -0.2) is 38.5 Å². The summed E-state index contributed by atoms with van der Waals surface area (Å²) in [6.07, 6.45) is 5.99. The third kappa shape index (κ3) is 1.50. The van der Waals surface area contributed by atoms with Gasteiger partial charge in [-0.05, 0) is 30.2 Å². The van der Waals surface area contributed by atoms with Crippen molar-refractivity contribution in [3.05, 3.63) is 30.2 Å². The number of nitrogens with zero attached hydrogens (tertiary/aromatic N) is 4. The summed E-state index contributed by atoms with van der Waals surface area (Å²) < 4.78 is 1.65. The molecule has 1 saturated heterocycles. The number of carbonyl (C=O) groups is 1. The van der Waals surface area contributed by atoms with Crippen LogP contribution in [0.3, 0.4) is 0 Å². The highest BCUT2D eigenvalue weighted by Gasteiger charge is 2.59. The SMILES string of the molecule is CCC12CC1CN(C(=O)c1cc3ncccn3n1)C2. The maximum absolute atomic E-state index is 12.5. The summed E-state index contributed by atoms with van der Waals surface area (Å²) in [5.41, 5.74) is 1.65. The number of aromatic nitrogens is 3. The van der Waals surface area contributed by atoms with Gasteiger partial charge >= 0.3 is 0 Å². The van der Waals surface area contributed by atoms with Gasteiger partial charge < -0.3 is 4.90 Å². The van der Waals surface area contributed by atoms with Crippen molar-refractivity contribution in [1.29, 1.82) is 0 Å². The van der Waals surface area contributed by atoms with Crippen LogP contribution in [-0.2, 0) is 0 Å². The number of piperidine rings is 1. The van der Waals surface area contributed by atoms with Crippen LogP contribution in [0.5, 0.6) is 0 Å². The molecule has 0 radical (unpaired) electrons. The van der Waals surface area contributed by atoms with Crippen molar-refractivity contribution < 1.29 is 4.79 Å². The maximum Gasteiger partial charge on any atom is 0.274 e. The second kappa shape index (κ2) is 3.56. The summed E-state index contributed by atoms with van der Waals surface area (Å²) in [6, 6.07) is 3.58. The van der Waals surface area contributed by atoms with Crippen molar-refractivity contribution in [3.8, 4) is 0 Å². The van der Waals surface area contributed by atoms with Crippen LogP contribution in [0.2, 0.25) is 0 Å². The molecule has 1 amide bonds. The fourth-order valence-electron chi connectivity index (χ4n) is 3.39. The minimum absolute atomic E-state index is 0.0468. The quantitative estimate of drug-likeness (QED) is 0.820. The van der Waals surface area contributed by atoms with Crippen LogP contribution in [0.25, 0.3) is 5.65 Å². The first-order valence-corrected chi connectivity index (χ1v) is 6.81. The molecule has 5 nitrogen and oxygen atoms in total. The molecule has 2 aromatic rings. The standard InChI is InChI=1S/C14H16N4O/c1-2-14-7-10(14)8-17(9-14)13(19)11-6-12-15-4-3-5-18(12)16-11/h3-6,10H,2,7-9H2,1H3. The lowest BCUT2D eigenvalue weighted by Crippen LogP contribution is -2.32. The van der Waals surface area contributed by atoms with Crippen molar-refractivity contribution in [3.63, 3.8) is 0 Å². The summed E-state index contributed by atoms with van der Waals surface area (Å²) in [5.74, 6) is 0.766. The summed E-state index contributed by atoms with van der Waals surface area (Å²) in [7, 11) is 0. The van der Waals surface area contributed by atoms with E-state index < -0.39 is 0 Å². The molecule has 3 heterocycles. The molecular formula is C14H16N4O. The van der Waals surface area contributed by atoms with Gasteiger partial charge in [-0.25, -0.2) is 9.50 Å². The number of likely N-dealkylation sites (tertiary alicyclic amines) is 1. The van der Waals surface area contributed by atoms with Gasteiger partial charge in [0.25, 0.3) is 5.91 Å². The summed E-state index contributed by atoms with van der Waals surface area (Å²) in [4.78, 5) is 18.6. The van der Waals surface area contributed by atoms with Crippen LogP contribution >= 0.6 is 0 Å². The molecule has 1 aliphatic carbocycles. The van der Waals surface area contributed by atoms with Gasteiger partial charge in [0.1, 0.15) is 0 Å². The fourth-order valence-corrected chi connectivity index (χ4v) is 3.39. The van der Waals surface area contributed by atoms with Gasteiger partial charge in [0.15, 0.2) is 11.3 Å². The van der Waals surface area contributed by atoms with Crippen molar-refractivity contribution in [2.24, 2.45) is 11.3 Å². The molecule has 2 atom stereocenters. The van der Waals surface area contributed by atoms with E-state index in [1.807, 2.05) is 17.2 Å². The van der Waals surface area contributed by atoms with Crippen molar-refractivity contribution in [2.45, 2.75) is 19.8 Å². The van der Waals surface area contributed by atoms with Crippen molar-refractivity contribution in [2.75, 3.05) is 13.1 Å². The Morgan fingerprint density at radius 2 is 2.47 bits per heavy atom. The first kappa shape index (κ1) is 11.0. The van der Waals surface area contributed by atoms with E-state index in [9.17, 15) is 4.79 Å². The molecular weight excluding hydrogens is 240 g/mol. The van der Waals surface area contributed by atoms with Crippen molar-refractivity contribution in [1.82, 2.24) is 19.5 Å². The molecule has 2 aliphatic rings. The normalized spacial score (nSPS) is 28.7. The fraction of sp³-hybridized carbons (Fsp3) is 0.500. The summed E-state index contributed by atoms with van der Waals surface area (Å²) in [5, 5.41) is 4.31. The predicted octanol–water partition coefficient (Wildman–Crippen LogP) is 1.60. The average Bonchev–Trinajstić information content (AvgIpc) is 2.84. The third-order valence-corrected chi connectivity index (χ3v) is 4.75. The van der Waals surface area contributed by atoms with Gasteiger partial charge in [-0.2, -0.15) is 5.10 Å². The predicted molar refractivity (Wildman–Crippen MR) is 69.7 cm³/mol. The number of rotatable bonds is 2. The molecule has 2 unspecified atom stereocenters. The Morgan fingerprint density at radius 1 is 1.58 bits per heavy atom. The second-order valence-electron chi connectivity index (χ2n) is 5.75. The van der Waals surface area contributed by atoms with Crippen LogP contribution in [0.1, 0.15) is 30.3 Å². The van der Waals surface area contributed by atoms with Crippen molar-refractivity contribution >= 4 is 11.6 Å². The van der Waals surface area contributed by atoms with E-state index in [1.54, 1.807) is 16.8 Å². The van der Waals surface area contributed by atoms with E-state index in [0.717, 1.165) is 24.7 Å². The first-order chi connectivity index (χ1) is 9.22. The molecule has 2 aromatic heterocycles. The molecule has 1 aliphatic heterocycles. The molecule has 98 valence electrons. The molecule has 2 fully saturated rings. The Hall–Kier alpha value is -1.91. The molecule has 0 N–H and O–H groups in total. The minimum Gasteiger partial charge on any atom is -0.336 e. The zero-order valence-electron chi connectivity index (χ0n) is 10.9. The van der Waals surface area contributed by atoms with Crippen LogP contribution in [0.4, 0.5) is 0 Å². The maximum atomic E-state index is 12.5.